The van der Waals surface area contributed by atoms with E-state index in [0.29, 0.717) is 55.2 Å². The molecule has 3 heterocycles. The first-order valence-electron chi connectivity index (χ1n) is 18.8. The summed E-state index contributed by atoms with van der Waals surface area (Å²) in [7, 11) is -2.70. The van der Waals surface area contributed by atoms with E-state index in [1.165, 1.54) is 34.5 Å². The Balaban J connectivity index is 1.18. The minimum absolute atomic E-state index is 0.00689. The molecular weight excluding hydrogens is 747 g/mol. The molecule has 5 atom stereocenters. The third-order valence-electron chi connectivity index (χ3n) is 10.4. The van der Waals surface area contributed by atoms with Gasteiger partial charge in [0.2, 0.25) is 16.8 Å². The van der Waals surface area contributed by atoms with Gasteiger partial charge in [-0.1, -0.05) is 50.6 Å². The molecule has 0 unspecified atom stereocenters. The Morgan fingerprint density at radius 3 is 2.48 bits per heavy atom. The highest BCUT2D eigenvalue weighted by Gasteiger charge is 2.44. The van der Waals surface area contributed by atoms with Crippen molar-refractivity contribution in [3.63, 3.8) is 0 Å². The fraction of sp³-hybridized carbons (Fsp3) is 0.500. The van der Waals surface area contributed by atoms with Crippen molar-refractivity contribution in [2.75, 3.05) is 51.7 Å². The summed E-state index contributed by atoms with van der Waals surface area (Å²) in [5.74, 6) is 1.25. The summed E-state index contributed by atoms with van der Waals surface area (Å²) in [5, 5.41) is 24.6. The van der Waals surface area contributed by atoms with Crippen LogP contribution < -0.4 is 24.4 Å². The summed E-state index contributed by atoms with van der Waals surface area (Å²) in [6.45, 7) is 4.43. The third-order valence-corrected chi connectivity index (χ3v) is 12.2. The Labute approximate surface area is 327 Å². The lowest BCUT2D eigenvalue weighted by molar-refractivity contribution is -0.0907. The van der Waals surface area contributed by atoms with Crippen LogP contribution >= 0.6 is 0 Å². The van der Waals surface area contributed by atoms with Gasteiger partial charge in [0, 0.05) is 31.4 Å². The predicted octanol–water partition coefficient (Wildman–Crippen LogP) is 5.26. The number of sulfonamides is 1. The number of methoxy groups -OCH3 is 1. The number of rotatable bonds is 18. The smallest absolute Gasteiger partial charge is 0.411 e. The SMILES string of the molecule is COc1ccc(N(CCCCC(C)(C)CN(C[C@@H](O)[C@H](Cc2ccccc2)NC(=O)O[C@H]2CO[C@H]3OCC[C@H]32)S(=O)(=O)c2ccc3c(c2)OCO3)C(=O)O)cc1. The maximum absolute atomic E-state index is 14.5. The molecule has 2 saturated heterocycles. The van der Waals surface area contributed by atoms with Crippen molar-refractivity contribution in [1.29, 1.82) is 0 Å². The van der Waals surface area contributed by atoms with Crippen LogP contribution in [0.4, 0.5) is 15.3 Å². The van der Waals surface area contributed by atoms with Crippen molar-refractivity contribution in [1.82, 2.24) is 9.62 Å². The number of ether oxygens (including phenoxy) is 6. The minimum atomic E-state index is -4.24. The molecule has 3 aromatic rings. The van der Waals surface area contributed by atoms with Crippen molar-refractivity contribution in [3.05, 3.63) is 78.4 Å². The molecule has 304 valence electrons. The number of hydrogen-bond donors (Lipinski definition) is 3. The van der Waals surface area contributed by atoms with Crippen LogP contribution in [0.25, 0.3) is 0 Å². The number of unbranched alkanes of at least 4 members (excludes halogenated alkanes) is 1. The van der Waals surface area contributed by atoms with E-state index in [2.05, 4.69) is 5.32 Å². The highest BCUT2D eigenvalue weighted by Crippen LogP contribution is 2.36. The van der Waals surface area contributed by atoms with E-state index < -0.39 is 52.2 Å². The van der Waals surface area contributed by atoms with Gasteiger partial charge in [0.25, 0.3) is 0 Å². The molecule has 56 heavy (non-hydrogen) atoms. The molecule has 3 aliphatic heterocycles. The Kier molecular flexibility index (Phi) is 13.3. The van der Waals surface area contributed by atoms with Gasteiger partial charge in [0.1, 0.15) is 11.9 Å². The number of benzene rings is 3. The Hall–Kier alpha value is -4.61. The molecule has 0 saturated carbocycles. The lowest BCUT2D eigenvalue weighted by Gasteiger charge is -2.35. The highest BCUT2D eigenvalue weighted by atomic mass is 32.2. The topological polar surface area (TPSA) is 183 Å². The Morgan fingerprint density at radius 2 is 1.75 bits per heavy atom. The lowest BCUT2D eigenvalue weighted by Crippen LogP contribution is -2.52. The van der Waals surface area contributed by atoms with Gasteiger partial charge in [0.15, 0.2) is 17.8 Å². The Morgan fingerprint density at radius 1 is 1.00 bits per heavy atom. The van der Waals surface area contributed by atoms with E-state index in [1.807, 2.05) is 44.2 Å². The molecular formula is C40H51N3O12S. The van der Waals surface area contributed by atoms with E-state index >= 15 is 0 Å². The van der Waals surface area contributed by atoms with Crippen LogP contribution in [-0.2, 0) is 30.7 Å². The molecule has 0 radical (unpaired) electrons. The molecule has 0 aliphatic carbocycles. The van der Waals surface area contributed by atoms with Crippen LogP contribution in [-0.4, -0.2) is 106 Å². The number of carboxylic acid groups (broad SMARTS) is 1. The minimum Gasteiger partial charge on any atom is -0.497 e. The summed E-state index contributed by atoms with van der Waals surface area (Å²) < 4.78 is 63.2. The van der Waals surface area contributed by atoms with Gasteiger partial charge in [-0.3, -0.25) is 4.90 Å². The van der Waals surface area contributed by atoms with Crippen molar-refractivity contribution in [2.45, 2.75) is 75.4 Å². The first-order valence-corrected chi connectivity index (χ1v) is 20.2. The van der Waals surface area contributed by atoms with Crippen LogP contribution in [0.3, 0.4) is 0 Å². The van der Waals surface area contributed by atoms with Crippen molar-refractivity contribution in [2.24, 2.45) is 11.3 Å². The summed E-state index contributed by atoms with van der Waals surface area (Å²) in [6.07, 6.45) is -1.58. The molecule has 2 fully saturated rings. The zero-order valence-corrected chi connectivity index (χ0v) is 32.7. The number of carbonyl (C=O) groups is 2. The van der Waals surface area contributed by atoms with Crippen LogP contribution in [0, 0.1) is 11.3 Å². The van der Waals surface area contributed by atoms with E-state index in [0.717, 1.165) is 5.56 Å². The number of alkyl carbamates (subject to hydrolysis) is 1. The average molecular weight is 798 g/mol. The number of nitrogens with zero attached hydrogens (tertiary/aromatic N) is 2. The van der Waals surface area contributed by atoms with Crippen LogP contribution in [0.1, 0.15) is 45.1 Å². The maximum Gasteiger partial charge on any atom is 0.411 e. The van der Waals surface area contributed by atoms with Gasteiger partial charge < -0.3 is 44.0 Å². The molecule has 0 aromatic heterocycles. The summed E-state index contributed by atoms with van der Waals surface area (Å²) in [5.41, 5.74) is 0.713. The van der Waals surface area contributed by atoms with E-state index in [9.17, 15) is 28.2 Å². The predicted molar refractivity (Wildman–Crippen MR) is 204 cm³/mol. The molecule has 6 rings (SSSR count). The third kappa shape index (κ3) is 10.2. The second-order valence-corrected chi connectivity index (χ2v) is 17.0. The molecule has 3 N–H and O–H groups in total. The van der Waals surface area contributed by atoms with Gasteiger partial charge in [-0.05, 0) is 73.1 Å². The molecule has 0 bridgehead atoms. The zero-order chi connectivity index (χ0) is 39.9. The quantitative estimate of drug-likeness (QED) is 0.142. The van der Waals surface area contributed by atoms with Gasteiger partial charge in [-0.25, -0.2) is 18.0 Å². The largest absolute Gasteiger partial charge is 0.497 e. The normalized spacial score (nSPS) is 20.0. The van der Waals surface area contributed by atoms with Gasteiger partial charge in [0.05, 0.1) is 43.3 Å². The summed E-state index contributed by atoms with van der Waals surface area (Å²) in [4.78, 5) is 26.7. The number of fused-ring (bicyclic) bond motifs is 2. The van der Waals surface area contributed by atoms with Gasteiger partial charge in [-0.2, -0.15) is 4.31 Å². The summed E-state index contributed by atoms with van der Waals surface area (Å²) in [6, 6.07) is 19.5. The van der Waals surface area contributed by atoms with Crippen molar-refractivity contribution >= 4 is 27.9 Å². The average Bonchev–Trinajstić information content (AvgIpc) is 3.93. The zero-order valence-electron chi connectivity index (χ0n) is 31.9. The number of aliphatic hydroxyl groups excluding tert-OH is 1. The van der Waals surface area contributed by atoms with Gasteiger partial charge in [-0.15, -0.1) is 0 Å². The second-order valence-electron chi connectivity index (χ2n) is 15.0. The number of anilines is 1. The molecule has 0 spiro atoms. The number of amides is 2. The first kappa shape index (κ1) is 41.0. The standard InChI is InChI=1S/C40H51N3O12S/c1-40(2,18-7-8-19-43(39(46)47)28-11-13-29(50-3)14-12-28)25-42(56(48,49)30-15-16-34-35(22-30)54-26-53-34)23-33(44)32(21-27-9-5-4-6-10-27)41-38(45)55-36-24-52-37-31(36)17-20-51-37/h4-6,9-16,22,31-33,36-37,44H,7-8,17-21,23-26H2,1-3H3,(H,41,45)(H,46,47)/t31-,32-,33+,36-,37+/m0/s1. The molecule has 16 heteroatoms. The number of aliphatic hydroxyl groups is 1. The van der Waals surface area contributed by atoms with Gasteiger partial charge >= 0.3 is 12.2 Å². The molecule has 3 aromatic carbocycles. The monoisotopic (exact) mass is 797 g/mol. The number of nitrogens with one attached hydrogen (secondary N) is 1. The van der Waals surface area contributed by atoms with Crippen molar-refractivity contribution in [3.8, 4) is 17.2 Å². The second kappa shape index (κ2) is 18.1. The fourth-order valence-corrected chi connectivity index (χ4v) is 8.98. The van der Waals surface area contributed by atoms with E-state index in [-0.39, 0.29) is 50.3 Å². The fourth-order valence-electron chi connectivity index (χ4n) is 7.32. The summed E-state index contributed by atoms with van der Waals surface area (Å²) >= 11 is 0. The van der Waals surface area contributed by atoms with E-state index in [1.54, 1.807) is 24.3 Å². The first-order chi connectivity index (χ1) is 26.8. The molecule has 2 amide bonds. The number of carbonyl (C=O) groups excluding carboxylic acids is 1. The van der Waals surface area contributed by atoms with Crippen LogP contribution in [0.15, 0.2) is 77.7 Å². The van der Waals surface area contributed by atoms with E-state index in [4.69, 9.17) is 28.4 Å². The molecule has 15 nitrogen and oxygen atoms in total. The van der Waals surface area contributed by atoms with Crippen molar-refractivity contribution < 1.29 is 56.6 Å². The number of hydrogen-bond acceptors (Lipinski definition) is 11. The Bertz CT molecular complexity index is 1900. The maximum atomic E-state index is 14.5. The van der Waals surface area contributed by atoms with Crippen LogP contribution in [0.2, 0.25) is 0 Å². The molecule has 3 aliphatic rings. The lowest BCUT2D eigenvalue weighted by atomic mass is 9.87. The van der Waals surface area contributed by atoms with Crippen LogP contribution in [0.5, 0.6) is 17.2 Å². The highest BCUT2D eigenvalue weighted by molar-refractivity contribution is 7.89.